The molecule has 0 fully saturated rings. The lowest BCUT2D eigenvalue weighted by Crippen LogP contribution is -2.21. The zero-order chi connectivity index (χ0) is 15.9. The number of anilines is 1. The van der Waals surface area contributed by atoms with Crippen LogP contribution in [0.5, 0.6) is 5.75 Å². The summed E-state index contributed by atoms with van der Waals surface area (Å²) in [6, 6.07) is 6.44. The standard InChI is InChI=1S/C12H16N2O5S2/c1-18-12(15)6-7-21(16,17)14-9-4-2-3-5-10(9)19-8-11(13)20/h2-5,14H,6-8H2,1H3,(H2,13,20). The predicted octanol–water partition coefficient (Wildman–Crippen LogP) is 0.656. The molecule has 1 aromatic carbocycles. The number of benzene rings is 1. The van der Waals surface area contributed by atoms with Gasteiger partial charge in [0.05, 0.1) is 25.0 Å². The van der Waals surface area contributed by atoms with Crippen LogP contribution in [0, 0.1) is 0 Å². The minimum atomic E-state index is -3.70. The highest BCUT2D eigenvalue weighted by atomic mass is 32.2. The van der Waals surface area contributed by atoms with E-state index in [1.165, 1.54) is 13.2 Å². The third-order valence-corrected chi connectivity index (χ3v) is 3.72. The molecule has 0 aliphatic rings. The van der Waals surface area contributed by atoms with Crippen LogP contribution >= 0.6 is 12.2 Å². The predicted molar refractivity (Wildman–Crippen MR) is 82.8 cm³/mol. The minimum Gasteiger partial charge on any atom is -0.484 e. The number of para-hydroxylation sites is 2. The van der Waals surface area contributed by atoms with Gasteiger partial charge in [-0.3, -0.25) is 9.52 Å². The van der Waals surface area contributed by atoms with Crippen molar-refractivity contribution in [3.63, 3.8) is 0 Å². The molecule has 1 rings (SSSR count). The van der Waals surface area contributed by atoms with Gasteiger partial charge in [0.25, 0.3) is 0 Å². The zero-order valence-electron chi connectivity index (χ0n) is 11.4. The molecule has 0 atom stereocenters. The molecule has 3 N–H and O–H groups in total. The summed E-state index contributed by atoms with van der Waals surface area (Å²) in [7, 11) is -2.50. The third-order valence-electron chi connectivity index (χ3n) is 2.33. The van der Waals surface area contributed by atoms with Crippen LogP contribution in [0.1, 0.15) is 6.42 Å². The van der Waals surface area contributed by atoms with Crippen LogP contribution in [0.2, 0.25) is 0 Å². The second-order valence-electron chi connectivity index (χ2n) is 4.00. The summed E-state index contributed by atoms with van der Waals surface area (Å²) in [6.45, 7) is -0.00374. The molecule has 0 radical (unpaired) electrons. The average Bonchev–Trinajstić information content (AvgIpc) is 2.43. The lowest BCUT2D eigenvalue weighted by Gasteiger charge is -2.13. The second kappa shape index (κ2) is 7.79. The summed E-state index contributed by atoms with van der Waals surface area (Å²) in [5.41, 5.74) is 5.58. The fourth-order valence-corrected chi connectivity index (χ4v) is 2.46. The molecule has 9 heteroatoms. The molecule has 0 saturated carbocycles. The maximum Gasteiger partial charge on any atom is 0.306 e. The van der Waals surface area contributed by atoms with Gasteiger partial charge in [-0.05, 0) is 12.1 Å². The van der Waals surface area contributed by atoms with Crippen molar-refractivity contribution in [2.75, 3.05) is 24.2 Å². The van der Waals surface area contributed by atoms with E-state index >= 15 is 0 Å². The Morgan fingerprint density at radius 3 is 2.67 bits per heavy atom. The number of hydrogen-bond donors (Lipinski definition) is 2. The molecule has 0 aromatic heterocycles. The van der Waals surface area contributed by atoms with Crippen LogP contribution in [0.3, 0.4) is 0 Å². The van der Waals surface area contributed by atoms with Gasteiger partial charge in [-0.25, -0.2) is 8.42 Å². The molecule has 0 amide bonds. The molecule has 0 bridgehead atoms. The van der Waals surface area contributed by atoms with Gasteiger partial charge in [-0.15, -0.1) is 0 Å². The van der Waals surface area contributed by atoms with E-state index < -0.39 is 16.0 Å². The fraction of sp³-hybridized carbons (Fsp3) is 0.333. The molecule has 1 aromatic rings. The van der Waals surface area contributed by atoms with Crippen molar-refractivity contribution >= 4 is 38.9 Å². The first-order valence-electron chi connectivity index (χ1n) is 5.91. The van der Waals surface area contributed by atoms with E-state index in [-0.39, 0.29) is 29.5 Å². The second-order valence-corrected chi connectivity index (χ2v) is 6.36. The Balaban J connectivity index is 2.77. The van der Waals surface area contributed by atoms with E-state index in [1.54, 1.807) is 18.2 Å². The highest BCUT2D eigenvalue weighted by Crippen LogP contribution is 2.24. The van der Waals surface area contributed by atoms with Crippen LogP contribution in [0.25, 0.3) is 0 Å². The van der Waals surface area contributed by atoms with Crippen LogP contribution in [-0.2, 0) is 19.6 Å². The van der Waals surface area contributed by atoms with E-state index in [0.29, 0.717) is 5.75 Å². The number of sulfonamides is 1. The summed E-state index contributed by atoms with van der Waals surface area (Å²) in [4.78, 5) is 11.1. The quantitative estimate of drug-likeness (QED) is 0.532. The van der Waals surface area contributed by atoms with E-state index in [2.05, 4.69) is 9.46 Å². The van der Waals surface area contributed by atoms with Crippen molar-refractivity contribution < 1.29 is 22.7 Å². The molecule has 0 aliphatic heterocycles. The number of methoxy groups -OCH3 is 1. The Kier molecular flexibility index (Phi) is 6.38. The van der Waals surface area contributed by atoms with Crippen LogP contribution < -0.4 is 15.2 Å². The average molecular weight is 332 g/mol. The third kappa shape index (κ3) is 6.41. The lowest BCUT2D eigenvalue weighted by atomic mass is 10.3. The molecule has 0 saturated heterocycles. The Bertz CT molecular complexity index is 616. The number of nitrogens with two attached hydrogens (primary N) is 1. The number of ether oxygens (including phenoxy) is 2. The van der Waals surface area contributed by atoms with Gasteiger partial charge in [-0.2, -0.15) is 0 Å². The van der Waals surface area contributed by atoms with Gasteiger partial charge >= 0.3 is 5.97 Å². The maximum absolute atomic E-state index is 11.9. The zero-order valence-corrected chi connectivity index (χ0v) is 13.0. The lowest BCUT2D eigenvalue weighted by molar-refractivity contribution is -0.140. The Labute approximate surface area is 128 Å². The SMILES string of the molecule is COC(=O)CCS(=O)(=O)Nc1ccccc1OCC(N)=S. The summed E-state index contributed by atoms with van der Waals surface area (Å²) < 4.78 is 35.8. The van der Waals surface area contributed by atoms with Crippen molar-refractivity contribution in [1.82, 2.24) is 0 Å². The molecule has 0 heterocycles. The van der Waals surface area contributed by atoms with E-state index in [1.807, 2.05) is 0 Å². The van der Waals surface area contributed by atoms with E-state index in [9.17, 15) is 13.2 Å². The largest absolute Gasteiger partial charge is 0.484 e. The topological polar surface area (TPSA) is 108 Å². The first-order valence-corrected chi connectivity index (χ1v) is 7.97. The summed E-state index contributed by atoms with van der Waals surface area (Å²) in [6.07, 6.45) is -0.234. The summed E-state index contributed by atoms with van der Waals surface area (Å²) in [5.74, 6) is -0.686. The van der Waals surface area contributed by atoms with Crippen LogP contribution in [-0.4, -0.2) is 38.8 Å². The molecular weight excluding hydrogens is 316 g/mol. The van der Waals surface area contributed by atoms with Crippen molar-refractivity contribution in [2.45, 2.75) is 6.42 Å². The molecule has 0 spiro atoms. The van der Waals surface area contributed by atoms with Crippen LogP contribution in [0.15, 0.2) is 24.3 Å². The first-order chi connectivity index (χ1) is 9.84. The Morgan fingerprint density at radius 2 is 2.05 bits per heavy atom. The van der Waals surface area contributed by atoms with Crippen LogP contribution in [0.4, 0.5) is 5.69 Å². The normalized spacial score (nSPS) is 10.7. The summed E-state index contributed by atoms with van der Waals surface area (Å²) >= 11 is 4.69. The number of carbonyl (C=O) groups excluding carboxylic acids is 1. The molecule has 7 nitrogen and oxygen atoms in total. The van der Waals surface area contributed by atoms with Gasteiger partial charge in [0, 0.05) is 0 Å². The van der Waals surface area contributed by atoms with Gasteiger partial charge in [0.2, 0.25) is 10.0 Å². The number of hydrogen-bond acceptors (Lipinski definition) is 6. The maximum atomic E-state index is 11.9. The van der Waals surface area contributed by atoms with Crippen molar-refractivity contribution in [1.29, 1.82) is 0 Å². The monoisotopic (exact) mass is 332 g/mol. The highest BCUT2D eigenvalue weighted by molar-refractivity contribution is 7.92. The van der Waals surface area contributed by atoms with Gasteiger partial charge in [0.1, 0.15) is 17.3 Å². The number of rotatable bonds is 8. The van der Waals surface area contributed by atoms with Crippen molar-refractivity contribution in [2.24, 2.45) is 5.73 Å². The van der Waals surface area contributed by atoms with E-state index in [4.69, 9.17) is 22.7 Å². The smallest absolute Gasteiger partial charge is 0.306 e. The first kappa shape index (κ1) is 17.2. The van der Waals surface area contributed by atoms with Crippen molar-refractivity contribution in [3.05, 3.63) is 24.3 Å². The van der Waals surface area contributed by atoms with Crippen molar-refractivity contribution in [3.8, 4) is 5.75 Å². The molecular formula is C12H16N2O5S2. The minimum absolute atomic E-state index is 0.00374. The fourth-order valence-electron chi connectivity index (χ4n) is 1.36. The number of carbonyl (C=O) groups is 1. The highest BCUT2D eigenvalue weighted by Gasteiger charge is 2.16. The molecule has 116 valence electrons. The molecule has 21 heavy (non-hydrogen) atoms. The van der Waals surface area contributed by atoms with Gasteiger partial charge < -0.3 is 15.2 Å². The molecule has 0 aliphatic carbocycles. The Morgan fingerprint density at radius 1 is 1.38 bits per heavy atom. The number of nitrogens with one attached hydrogen (secondary N) is 1. The summed E-state index contributed by atoms with van der Waals surface area (Å²) in [5, 5.41) is 0. The van der Waals surface area contributed by atoms with Gasteiger partial charge in [-0.1, -0.05) is 24.4 Å². The van der Waals surface area contributed by atoms with Gasteiger partial charge in [0.15, 0.2) is 0 Å². The molecule has 0 unspecified atom stereocenters. The number of thiocarbonyl (C=S) groups is 1. The number of esters is 1. The van der Waals surface area contributed by atoms with E-state index in [0.717, 1.165) is 0 Å². The Hall–Kier alpha value is -1.87.